The Labute approximate surface area is 343 Å². The van der Waals surface area contributed by atoms with Crippen LogP contribution in [0.4, 0.5) is 5.69 Å². The van der Waals surface area contributed by atoms with E-state index < -0.39 is 0 Å². The Morgan fingerprint density at radius 1 is 0.931 bits per heavy atom. The van der Waals surface area contributed by atoms with Crippen molar-refractivity contribution in [3.05, 3.63) is 106 Å². The summed E-state index contributed by atoms with van der Waals surface area (Å²) in [6, 6.07) is 19.8. The van der Waals surface area contributed by atoms with Crippen LogP contribution in [0, 0.1) is 19.8 Å². The number of hydrogen-bond donors (Lipinski definition) is 4. The third kappa shape index (κ3) is 11.8. The van der Waals surface area contributed by atoms with E-state index in [0.717, 1.165) is 81.6 Å². The number of anilines is 1. The Hall–Kier alpha value is -5.90. The Bertz CT molecular complexity index is 2150. The maximum absolute atomic E-state index is 13.5. The number of pyridine rings is 2. The molecule has 4 heterocycles. The molecule has 3 aromatic heterocycles. The van der Waals surface area contributed by atoms with E-state index in [0.29, 0.717) is 39.3 Å². The molecule has 306 valence electrons. The van der Waals surface area contributed by atoms with Crippen LogP contribution in [0.2, 0.25) is 0 Å². The lowest BCUT2D eigenvalue weighted by Gasteiger charge is -2.26. The Morgan fingerprint density at radius 3 is 2.33 bits per heavy atom. The number of aliphatic imine (C=N–C) groups is 1. The molecule has 2 aromatic carbocycles. The number of nitrogens with one attached hydrogen (secondary N) is 4. The van der Waals surface area contributed by atoms with E-state index in [-0.39, 0.29) is 35.8 Å². The standard InChI is InChI=1S/C42H51N9O3.C2H6.C2H2/c1-5-36-34(39(48-32-16-20-54-21-17-32)35-27-47-51(6-2)40(35)50-36)26-46-42(53)38-13-8-12-37(49-38)41(52)45-25-30-15-14-28(3)33(23-30)31-11-7-10-29(22-31)24-44-19-9-18-43-4;2*1-2/h7-8,10-15,19,22-23,27,32,43H,5-6,9,16-18,20-21,24-26H2,1-4H3,(H,45,52)(H,46,53)(H,48,50);1-2H3;1-2H. The summed E-state index contributed by atoms with van der Waals surface area (Å²) in [6.45, 7) is 14.4. The molecule has 2 amide bonds. The van der Waals surface area contributed by atoms with Crippen LogP contribution in [0.25, 0.3) is 22.2 Å². The minimum Gasteiger partial charge on any atom is -0.381 e. The molecular formula is C46H59N9O3. The number of amides is 2. The molecule has 12 nitrogen and oxygen atoms in total. The third-order valence-corrected chi connectivity index (χ3v) is 9.74. The highest BCUT2D eigenvalue weighted by molar-refractivity contribution is 5.97. The van der Waals surface area contributed by atoms with E-state index in [4.69, 9.17) is 9.72 Å². The molecule has 0 spiro atoms. The first-order valence-corrected chi connectivity index (χ1v) is 20.3. The fourth-order valence-electron chi connectivity index (χ4n) is 6.72. The Balaban J connectivity index is 0.00000180. The van der Waals surface area contributed by atoms with E-state index in [1.54, 1.807) is 18.2 Å². The average molecular weight is 786 g/mol. The molecule has 0 aliphatic carbocycles. The van der Waals surface area contributed by atoms with Crippen LogP contribution in [0.3, 0.4) is 0 Å². The number of rotatable bonds is 16. The smallest absolute Gasteiger partial charge is 0.270 e. The SMILES string of the molecule is C#C.CC.CCc1nc2c(cnn2CC)c(NC2CCOCC2)c1CNC(=O)c1cccc(C(=O)NCc2ccc(C)c(-c3cccc(CN=CCCNC)c3)c2)n1. The fourth-order valence-corrected chi connectivity index (χ4v) is 6.72. The molecule has 0 radical (unpaired) electrons. The zero-order valence-corrected chi connectivity index (χ0v) is 34.9. The number of benzene rings is 2. The van der Waals surface area contributed by atoms with Gasteiger partial charge in [0.05, 0.1) is 23.8 Å². The molecule has 1 saturated heterocycles. The van der Waals surface area contributed by atoms with Crippen molar-refractivity contribution in [3.63, 3.8) is 0 Å². The van der Waals surface area contributed by atoms with Gasteiger partial charge >= 0.3 is 0 Å². The van der Waals surface area contributed by atoms with Crippen LogP contribution >= 0.6 is 0 Å². The maximum Gasteiger partial charge on any atom is 0.270 e. The van der Waals surface area contributed by atoms with Crippen LogP contribution in [0.15, 0.2) is 71.9 Å². The van der Waals surface area contributed by atoms with E-state index in [9.17, 15) is 9.59 Å². The first-order chi connectivity index (χ1) is 28.4. The lowest BCUT2D eigenvalue weighted by Crippen LogP contribution is -2.30. The van der Waals surface area contributed by atoms with Gasteiger partial charge in [-0.05, 0) is 105 Å². The molecule has 0 saturated carbocycles. The lowest BCUT2D eigenvalue weighted by molar-refractivity contribution is 0.0904. The average Bonchev–Trinajstić information content (AvgIpc) is 3.70. The number of terminal acetylenes is 1. The van der Waals surface area contributed by atoms with Crippen LogP contribution < -0.4 is 21.3 Å². The zero-order valence-electron chi connectivity index (χ0n) is 34.9. The predicted octanol–water partition coefficient (Wildman–Crippen LogP) is 7.29. The second kappa shape index (κ2) is 23.4. The van der Waals surface area contributed by atoms with Crippen molar-refractivity contribution < 1.29 is 14.3 Å². The summed E-state index contributed by atoms with van der Waals surface area (Å²) < 4.78 is 7.49. The zero-order chi connectivity index (χ0) is 41.9. The summed E-state index contributed by atoms with van der Waals surface area (Å²) >= 11 is 0. The van der Waals surface area contributed by atoms with Gasteiger partial charge in [0.2, 0.25) is 0 Å². The first kappa shape index (κ1) is 44.8. The van der Waals surface area contributed by atoms with E-state index in [1.165, 1.54) is 0 Å². The van der Waals surface area contributed by atoms with Crippen molar-refractivity contribution in [1.29, 1.82) is 0 Å². The maximum atomic E-state index is 13.5. The molecule has 1 fully saturated rings. The minimum absolute atomic E-state index is 0.163. The molecule has 1 aliphatic heterocycles. The van der Waals surface area contributed by atoms with Gasteiger partial charge in [-0.25, -0.2) is 14.6 Å². The van der Waals surface area contributed by atoms with Gasteiger partial charge in [-0.15, -0.1) is 12.8 Å². The monoisotopic (exact) mass is 785 g/mol. The van der Waals surface area contributed by atoms with Gasteiger partial charge in [0.25, 0.3) is 11.8 Å². The van der Waals surface area contributed by atoms with Gasteiger partial charge in [0, 0.05) is 56.4 Å². The van der Waals surface area contributed by atoms with Crippen molar-refractivity contribution in [1.82, 2.24) is 35.7 Å². The quantitative estimate of drug-likeness (QED) is 0.0464. The molecule has 58 heavy (non-hydrogen) atoms. The molecule has 1 aliphatic rings. The second-order valence-electron chi connectivity index (χ2n) is 13.5. The number of fused-ring (bicyclic) bond motifs is 1. The van der Waals surface area contributed by atoms with Crippen molar-refractivity contribution in [2.75, 3.05) is 32.1 Å². The fraction of sp³-hybridized carbons (Fsp3) is 0.391. The Morgan fingerprint density at radius 2 is 1.64 bits per heavy atom. The molecule has 0 unspecified atom stereocenters. The van der Waals surface area contributed by atoms with Crippen molar-refractivity contribution in [2.24, 2.45) is 4.99 Å². The highest BCUT2D eigenvalue weighted by Crippen LogP contribution is 2.31. The highest BCUT2D eigenvalue weighted by atomic mass is 16.5. The van der Waals surface area contributed by atoms with Gasteiger partial charge in [-0.1, -0.05) is 57.2 Å². The molecule has 0 atom stereocenters. The van der Waals surface area contributed by atoms with Gasteiger partial charge < -0.3 is 26.0 Å². The third-order valence-electron chi connectivity index (χ3n) is 9.74. The molecule has 12 heteroatoms. The number of hydrogen-bond acceptors (Lipinski definition) is 9. The summed E-state index contributed by atoms with van der Waals surface area (Å²) in [5.41, 5.74) is 9.37. The van der Waals surface area contributed by atoms with Crippen molar-refractivity contribution in [3.8, 4) is 24.0 Å². The molecule has 0 bridgehead atoms. The van der Waals surface area contributed by atoms with Gasteiger partial charge in [-0.3, -0.25) is 14.6 Å². The summed E-state index contributed by atoms with van der Waals surface area (Å²) in [5.74, 6) is -0.731. The van der Waals surface area contributed by atoms with Crippen LogP contribution in [0.5, 0.6) is 0 Å². The first-order valence-electron chi connectivity index (χ1n) is 20.3. The summed E-state index contributed by atoms with van der Waals surface area (Å²) in [7, 11) is 1.93. The van der Waals surface area contributed by atoms with Crippen molar-refractivity contribution in [2.45, 2.75) is 92.5 Å². The van der Waals surface area contributed by atoms with Crippen LogP contribution in [-0.2, 0) is 37.3 Å². The van der Waals surface area contributed by atoms with Gasteiger partial charge in [0.1, 0.15) is 11.4 Å². The van der Waals surface area contributed by atoms with Gasteiger partial charge in [0.15, 0.2) is 5.65 Å². The number of carbonyl (C=O) groups is 2. The minimum atomic E-state index is -0.373. The van der Waals surface area contributed by atoms with Gasteiger partial charge in [-0.2, -0.15) is 5.10 Å². The van der Waals surface area contributed by atoms with Crippen LogP contribution in [-0.4, -0.2) is 70.6 Å². The number of aryl methyl sites for hydroxylation is 3. The highest BCUT2D eigenvalue weighted by Gasteiger charge is 2.22. The topological polar surface area (TPSA) is 147 Å². The normalized spacial score (nSPS) is 12.6. The number of carbonyl (C=O) groups excluding carboxylic acids is 2. The summed E-state index contributed by atoms with van der Waals surface area (Å²) in [4.78, 5) is 40.8. The number of aromatic nitrogens is 4. The van der Waals surface area contributed by atoms with Crippen molar-refractivity contribution >= 4 is 34.7 Å². The molecule has 6 rings (SSSR count). The van der Waals surface area contributed by atoms with E-state index in [1.807, 2.05) is 51.0 Å². The van der Waals surface area contributed by atoms with E-state index >= 15 is 0 Å². The number of ether oxygens (including phenoxy) is 1. The molecule has 5 aromatic rings. The molecular weight excluding hydrogens is 727 g/mol. The second-order valence-corrected chi connectivity index (χ2v) is 13.5. The largest absolute Gasteiger partial charge is 0.381 e. The summed E-state index contributed by atoms with van der Waals surface area (Å²) in [5, 5.41) is 18.4. The van der Waals surface area contributed by atoms with E-state index in [2.05, 4.69) is 99.4 Å². The van der Waals surface area contributed by atoms with Crippen LogP contribution in [0.1, 0.15) is 95.9 Å². The number of nitrogens with zero attached hydrogens (tertiary/aromatic N) is 5. The predicted molar refractivity (Wildman–Crippen MR) is 235 cm³/mol. The summed E-state index contributed by atoms with van der Waals surface area (Å²) in [6.07, 6.45) is 15.2. The lowest BCUT2D eigenvalue weighted by atomic mass is 9.96. The molecule has 4 N–H and O–H groups in total. The Kier molecular flexibility index (Phi) is 18.0.